The minimum atomic E-state index is -0.535. The fourth-order valence-corrected chi connectivity index (χ4v) is 2.65. The number of hydrogen-bond acceptors (Lipinski definition) is 3. The fraction of sp³-hybridized carbons (Fsp3) is 0.222. The number of fused-ring (bicyclic) bond motifs is 1. The van der Waals surface area contributed by atoms with E-state index in [1.165, 1.54) is 13.0 Å². The lowest BCUT2D eigenvalue weighted by Crippen LogP contribution is -2.32. The highest BCUT2D eigenvalue weighted by Crippen LogP contribution is 2.37. The van der Waals surface area contributed by atoms with Crippen LogP contribution >= 0.6 is 0 Å². The first-order chi connectivity index (χ1) is 10.9. The molecule has 1 aromatic heterocycles. The molecule has 0 spiro atoms. The van der Waals surface area contributed by atoms with Gasteiger partial charge in [-0.05, 0) is 44.2 Å². The normalized spacial score (nSPS) is 15.2. The van der Waals surface area contributed by atoms with Gasteiger partial charge >= 0.3 is 0 Å². The number of ether oxygens (including phenoxy) is 1. The number of aromatic nitrogens is 1. The van der Waals surface area contributed by atoms with Crippen molar-refractivity contribution >= 4 is 17.3 Å². The second kappa shape index (κ2) is 5.43. The lowest BCUT2D eigenvalue weighted by molar-refractivity contribution is -0.114. The number of nitrogens with zero attached hydrogens (tertiary/aromatic N) is 1. The Hall–Kier alpha value is -2.82. The van der Waals surface area contributed by atoms with Crippen LogP contribution in [0.3, 0.4) is 0 Å². The van der Waals surface area contributed by atoms with Crippen LogP contribution in [0.15, 0.2) is 53.5 Å². The van der Waals surface area contributed by atoms with Crippen LogP contribution in [0.2, 0.25) is 0 Å². The molecule has 0 fully saturated rings. The van der Waals surface area contributed by atoms with Gasteiger partial charge in [0.05, 0.1) is 5.70 Å². The molecule has 23 heavy (non-hydrogen) atoms. The molecule has 5 heteroatoms. The van der Waals surface area contributed by atoms with Gasteiger partial charge in [-0.25, -0.2) is 0 Å². The smallest absolute Gasteiger partial charge is 0.255 e. The molecule has 118 valence electrons. The summed E-state index contributed by atoms with van der Waals surface area (Å²) in [6.07, 6.45) is 3.64. The zero-order valence-electron chi connectivity index (χ0n) is 13.3. The maximum atomic E-state index is 12.2. The largest absolute Gasteiger partial charge is 0.483 e. The molecule has 2 heterocycles. The Bertz CT molecular complexity index is 863. The van der Waals surface area contributed by atoms with Gasteiger partial charge in [0.25, 0.3) is 5.56 Å². The third kappa shape index (κ3) is 3.04. The van der Waals surface area contributed by atoms with Crippen LogP contribution in [0.4, 0.5) is 5.69 Å². The molecule has 0 atom stereocenters. The second-order valence-electron chi connectivity index (χ2n) is 6.04. The van der Waals surface area contributed by atoms with Crippen LogP contribution in [0, 0.1) is 0 Å². The zero-order chi connectivity index (χ0) is 16.6. The first kappa shape index (κ1) is 15.1. The summed E-state index contributed by atoms with van der Waals surface area (Å²) in [5.41, 5.74) is 1.52. The van der Waals surface area contributed by atoms with E-state index in [-0.39, 0.29) is 11.5 Å². The summed E-state index contributed by atoms with van der Waals surface area (Å²) in [6.45, 7) is 5.33. The van der Waals surface area contributed by atoms with E-state index in [1.54, 1.807) is 22.9 Å². The van der Waals surface area contributed by atoms with E-state index in [0.717, 1.165) is 11.3 Å². The molecule has 1 aromatic carbocycles. The number of rotatable bonds is 2. The highest BCUT2D eigenvalue weighted by atomic mass is 16.5. The molecule has 0 saturated heterocycles. The molecule has 0 saturated carbocycles. The van der Waals surface area contributed by atoms with Crippen molar-refractivity contribution in [2.75, 3.05) is 5.32 Å². The standard InChI is InChI=1S/C18H18N2O3/c1-12(21)19-13-7-8-16-14(10-13)15(11-18(2,3)23-16)20-9-5-4-6-17(20)22/h4-11H,1-3H3,(H,19,21). The molecule has 5 nitrogen and oxygen atoms in total. The number of nitrogens with one attached hydrogen (secondary N) is 1. The summed E-state index contributed by atoms with van der Waals surface area (Å²) in [4.78, 5) is 23.5. The minimum Gasteiger partial charge on any atom is -0.483 e. The van der Waals surface area contributed by atoms with Crippen molar-refractivity contribution in [1.82, 2.24) is 4.57 Å². The summed E-state index contributed by atoms with van der Waals surface area (Å²) < 4.78 is 7.55. The average molecular weight is 310 g/mol. The van der Waals surface area contributed by atoms with Crippen molar-refractivity contribution in [2.45, 2.75) is 26.4 Å². The predicted octanol–water partition coefficient (Wildman–Crippen LogP) is 2.87. The predicted molar refractivity (Wildman–Crippen MR) is 89.5 cm³/mol. The van der Waals surface area contributed by atoms with Gasteiger partial charge in [0.15, 0.2) is 0 Å². The number of amides is 1. The average Bonchev–Trinajstić information content (AvgIpc) is 2.46. The van der Waals surface area contributed by atoms with Crippen molar-refractivity contribution < 1.29 is 9.53 Å². The Morgan fingerprint density at radius 2 is 2.00 bits per heavy atom. The van der Waals surface area contributed by atoms with Crippen molar-refractivity contribution in [3.05, 3.63) is 64.6 Å². The molecule has 0 unspecified atom stereocenters. The third-order valence-corrected chi connectivity index (χ3v) is 3.52. The number of benzene rings is 1. The lowest BCUT2D eigenvalue weighted by Gasteiger charge is -2.31. The molecule has 1 N–H and O–H groups in total. The van der Waals surface area contributed by atoms with Gasteiger partial charge in [-0.3, -0.25) is 14.2 Å². The molecule has 0 aliphatic carbocycles. The monoisotopic (exact) mass is 310 g/mol. The summed E-state index contributed by atoms with van der Waals surface area (Å²) in [6, 6.07) is 10.4. The Balaban J connectivity index is 2.19. The van der Waals surface area contributed by atoms with E-state index in [2.05, 4.69) is 5.32 Å². The summed E-state index contributed by atoms with van der Waals surface area (Å²) in [7, 11) is 0. The summed E-state index contributed by atoms with van der Waals surface area (Å²) in [5, 5.41) is 2.75. The van der Waals surface area contributed by atoms with Gasteiger partial charge in [0.1, 0.15) is 11.4 Å². The van der Waals surface area contributed by atoms with E-state index in [0.29, 0.717) is 11.4 Å². The zero-order valence-corrected chi connectivity index (χ0v) is 13.3. The van der Waals surface area contributed by atoms with Crippen LogP contribution in [-0.2, 0) is 4.79 Å². The van der Waals surface area contributed by atoms with Crippen LogP contribution in [0.25, 0.3) is 5.70 Å². The Morgan fingerprint density at radius 1 is 1.22 bits per heavy atom. The molecular formula is C18H18N2O3. The van der Waals surface area contributed by atoms with Crippen molar-refractivity contribution in [3.8, 4) is 5.75 Å². The van der Waals surface area contributed by atoms with E-state index in [9.17, 15) is 9.59 Å². The first-order valence-corrected chi connectivity index (χ1v) is 7.38. The Morgan fingerprint density at radius 3 is 2.70 bits per heavy atom. The number of carbonyl (C=O) groups excluding carboxylic acids is 1. The van der Waals surface area contributed by atoms with Gasteiger partial charge in [-0.2, -0.15) is 0 Å². The molecule has 2 aromatic rings. The summed E-state index contributed by atoms with van der Waals surface area (Å²) in [5.74, 6) is 0.529. The highest BCUT2D eigenvalue weighted by Gasteiger charge is 2.28. The van der Waals surface area contributed by atoms with Crippen LogP contribution in [-0.4, -0.2) is 16.1 Å². The maximum Gasteiger partial charge on any atom is 0.255 e. The third-order valence-electron chi connectivity index (χ3n) is 3.52. The van der Waals surface area contributed by atoms with Crippen molar-refractivity contribution in [1.29, 1.82) is 0 Å². The number of pyridine rings is 1. The SMILES string of the molecule is CC(=O)Nc1ccc2c(c1)C(n1ccccc1=O)=CC(C)(C)O2. The first-order valence-electron chi connectivity index (χ1n) is 7.38. The minimum absolute atomic E-state index is 0.118. The van der Waals surface area contributed by atoms with Crippen LogP contribution in [0.5, 0.6) is 5.75 Å². The molecule has 1 amide bonds. The number of carbonyl (C=O) groups is 1. The molecular weight excluding hydrogens is 292 g/mol. The second-order valence-corrected chi connectivity index (χ2v) is 6.04. The quantitative estimate of drug-likeness (QED) is 0.928. The molecule has 1 aliphatic rings. The number of anilines is 1. The highest BCUT2D eigenvalue weighted by molar-refractivity contribution is 5.90. The molecule has 1 aliphatic heterocycles. The van der Waals surface area contributed by atoms with Crippen LogP contribution in [0.1, 0.15) is 26.3 Å². The fourth-order valence-electron chi connectivity index (χ4n) is 2.65. The summed E-state index contributed by atoms with van der Waals surface area (Å²) >= 11 is 0. The maximum absolute atomic E-state index is 12.2. The van der Waals surface area contributed by atoms with E-state index in [4.69, 9.17) is 4.74 Å². The molecule has 0 bridgehead atoms. The van der Waals surface area contributed by atoms with Gasteiger partial charge < -0.3 is 10.1 Å². The Kier molecular flexibility index (Phi) is 3.56. The van der Waals surface area contributed by atoms with E-state index >= 15 is 0 Å². The van der Waals surface area contributed by atoms with Crippen molar-refractivity contribution in [2.24, 2.45) is 0 Å². The lowest BCUT2D eigenvalue weighted by atomic mass is 9.98. The van der Waals surface area contributed by atoms with Gasteiger partial charge in [0, 0.05) is 30.4 Å². The molecule has 0 radical (unpaired) electrons. The Labute approximate surface area is 134 Å². The number of hydrogen-bond donors (Lipinski definition) is 1. The van der Waals surface area contributed by atoms with Gasteiger partial charge in [-0.1, -0.05) is 6.07 Å². The molecule has 3 rings (SSSR count). The van der Waals surface area contributed by atoms with Gasteiger partial charge in [-0.15, -0.1) is 0 Å². The van der Waals surface area contributed by atoms with E-state index in [1.807, 2.05) is 38.1 Å². The van der Waals surface area contributed by atoms with Crippen molar-refractivity contribution in [3.63, 3.8) is 0 Å². The van der Waals surface area contributed by atoms with E-state index < -0.39 is 5.60 Å². The van der Waals surface area contributed by atoms with Crippen LogP contribution < -0.4 is 15.6 Å². The van der Waals surface area contributed by atoms with Gasteiger partial charge in [0.2, 0.25) is 5.91 Å². The topological polar surface area (TPSA) is 60.3 Å².